The number of hydrogen-bond acceptors (Lipinski definition) is 5. The number of halogens is 3. The van der Waals surface area contributed by atoms with Gasteiger partial charge in [-0.3, -0.25) is 9.59 Å². The number of esters is 1. The molecule has 2 amide bonds. The second-order valence-corrected chi connectivity index (χ2v) is 13.6. The number of thiophene rings is 1. The van der Waals surface area contributed by atoms with Crippen LogP contribution in [0, 0.1) is 0 Å². The fraction of sp³-hybridized carbons (Fsp3) is 0.244. The number of nitrogens with zero attached hydrogens (tertiary/aromatic N) is 2. The maximum atomic E-state index is 14.5. The summed E-state index contributed by atoms with van der Waals surface area (Å²) in [5.41, 5.74) is 3.66. The van der Waals surface area contributed by atoms with Gasteiger partial charge in [-0.25, -0.2) is 4.79 Å². The van der Waals surface area contributed by atoms with E-state index in [0.717, 1.165) is 40.1 Å². The lowest BCUT2D eigenvalue weighted by Crippen LogP contribution is -2.53. The Balaban J connectivity index is 1.29. The largest absolute Gasteiger partial charge is 0.467 e. The van der Waals surface area contributed by atoms with Gasteiger partial charge >= 0.3 is 12.1 Å². The van der Waals surface area contributed by atoms with E-state index in [2.05, 4.69) is 0 Å². The first kappa shape index (κ1) is 35.6. The van der Waals surface area contributed by atoms with Gasteiger partial charge in [0.1, 0.15) is 6.04 Å². The molecule has 0 saturated carbocycles. The lowest BCUT2D eigenvalue weighted by molar-refractivity contribution is -0.146. The Morgan fingerprint density at radius 3 is 2.02 bits per heavy atom. The van der Waals surface area contributed by atoms with Crippen LogP contribution in [0.1, 0.15) is 39.2 Å². The van der Waals surface area contributed by atoms with Gasteiger partial charge in [0.2, 0.25) is 5.91 Å². The van der Waals surface area contributed by atoms with Crippen LogP contribution in [0.3, 0.4) is 0 Å². The number of ether oxygens (including phenoxy) is 1. The summed E-state index contributed by atoms with van der Waals surface area (Å²) < 4.78 is 44.6. The topological polar surface area (TPSA) is 66.9 Å². The second kappa shape index (κ2) is 15.8. The molecule has 0 aliphatic carbocycles. The summed E-state index contributed by atoms with van der Waals surface area (Å²) in [6.45, 7) is 0.681. The van der Waals surface area contributed by atoms with E-state index in [0.29, 0.717) is 29.7 Å². The fourth-order valence-electron chi connectivity index (χ4n) is 6.56. The lowest BCUT2D eigenvalue weighted by Gasteiger charge is -2.35. The van der Waals surface area contributed by atoms with Crippen molar-refractivity contribution in [2.24, 2.45) is 0 Å². The smallest absolute Gasteiger partial charge is 0.416 e. The first-order chi connectivity index (χ1) is 24.6. The van der Waals surface area contributed by atoms with E-state index in [9.17, 15) is 27.6 Å². The molecule has 0 radical (unpaired) electrons. The van der Waals surface area contributed by atoms with Crippen molar-refractivity contribution in [2.75, 3.05) is 20.2 Å². The van der Waals surface area contributed by atoms with E-state index in [1.165, 1.54) is 35.5 Å². The lowest BCUT2D eigenvalue weighted by atomic mass is 9.98. The molecular formula is C41H37F3N2O4S. The van der Waals surface area contributed by atoms with Gasteiger partial charge in [0.25, 0.3) is 5.91 Å². The first-order valence-electron chi connectivity index (χ1n) is 16.7. The van der Waals surface area contributed by atoms with Gasteiger partial charge in [0.05, 0.1) is 19.1 Å². The minimum Gasteiger partial charge on any atom is -0.467 e. The summed E-state index contributed by atoms with van der Waals surface area (Å²) in [4.78, 5) is 45.8. The maximum Gasteiger partial charge on any atom is 0.416 e. The Bertz CT molecular complexity index is 1930. The number of amides is 2. The Kier molecular flexibility index (Phi) is 11.0. The van der Waals surface area contributed by atoms with E-state index >= 15 is 0 Å². The molecule has 51 heavy (non-hydrogen) atoms. The zero-order valence-electron chi connectivity index (χ0n) is 28.0. The van der Waals surface area contributed by atoms with Gasteiger partial charge in [-0.15, -0.1) is 11.3 Å². The number of benzene rings is 4. The molecule has 1 aromatic heterocycles. The van der Waals surface area contributed by atoms with Crippen LogP contribution in [-0.2, 0) is 33.3 Å². The van der Waals surface area contributed by atoms with Crippen LogP contribution in [0.25, 0.3) is 22.3 Å². The van der Waals surface area contributed by atoms with Crippen molar-refractivity contribution in [2.45, 2.75) is 43.9 Å². The van der Waals surface area contributed by atoms with Crippen LogP contribution in [0.5, 0.6) is 0 Å². The third-order valence-corrected chi connectivity index (χ3v) is 10.2. The number of hydrogen-bond donors (Lipinski definition) is 0. The SMILES string of the molecule is COC(=O)C(Cc1ccc(-c2ccccc2)cc1)N(CC1CCCN1C(=O)Cc1cccs1)C(=O)c1ccc(-c2ccc(C(F)(F)F)cc2)cc1. The Morgan fingerprint density at radius 1 is 0.824 bits per heavy atom. The highest BCUT2D eigenvalue weighted by Gasteiger charge is 2.37. The summed E-state index contributed by atoms with van der Waals surface area (Å²) in [7, 11) is 1.29. The van der Waals surface area contributed by atoms with Crippen LogP contribution < -0.4 is 0 Å². The van der Waals surface area contributed by atoms with Crippen molar-refractivity contribution in [1.82, 2.24) is 9.80 Å². The molecule has 4 aromatic carbocycles. The van der Waals surface area contributed by atoms with Gasteiger partial charge in [-0.05, 0) is 76.4 Å². The molecule has 0 spiro atoms. The summed E-state index contributed by atoms with van der Waals surface area (Å²) in [5.74, 6) is -1.02. The average Bonchev–Trinajstić information content (AvgIpc) is 3.85. The Hall–Kier alpha value is -5.22. The van der Waals surface area contributed by atoms with Crippen LogP contribution in [0.15, 0.2) is 121 Å². The Labute approximate surface area is 299 Å². The predicted molar refractivity (Wildman–Crippen MR) is 192 cm³/mol. The summed E-state index contributed by atoms with van der Waals surface area (Å²) in [6.07, 6.45) is -2.54. The molecular weight excluding hydrogens is 674 g/mol. The molecule has 0 N–H and O–H groups in total. The number of alkyl halides is 3. The summed E-state index contributed by atoms with van der Waals surface area (Å²) in [5, 5.41) is 1.93. The van der Waals surface area contributed by atoms with Gasteiger partial charge in [0, 0.05) is 36.0 Å². The third-order valence-electron chi connectivity index (χ3n) is 9.29. The summed E-state index contributed by atoms with van der Waals surface area (Å²) >= 11 is 1.52. The van der Waals surface area contributed by atoms with Gasteiger partial charge in [0.15, 0.2) is 0 Å². The average molecular weight is 711 g/mol. The van der Waals surface area contributed by atoms with Crippen molar-refractivity contribution in [1.29, 1.82) is 0 Å². The zero-order chi connectivity index (χ0) is 36.0. The molecule has 2 heterocycles. The van der Waals surface area contributed by atoms with Crippen molar-refractivity contribution in [3.63, 3.8) is 0 Å². The van der Waals surface area contributed by atoms with Crippen LogP contribution in [0.2, 0.25) is 0 Å². The van der Waals surface area contributed by atoms with Crippen molar-refractivity contribution in [3.05, 3.63) is 142 Å². The predicted octanol–water partition coefficient (Wildman–Crippen LogP) is 8.56. The Morgan fingerprint density at radius 2 is 1.43 bits per heavy atom. The van der Waals surface area contributed by atoms with E-state index < -0.39 is 29.7 Å². The number of rotatable bonds is 11. The van der Waals surface area contributed by atoms with Crippen LogP contribution in [-0.4, -0.2) is 59.9 Å². The minimum atomic E-state index is -4.44. The van der Waals surface area contributed by atoms with Crippen molar-refractivity contribution < 1.29 is 32.3 Å². The molecule has 5 aromatic rings. The molecule has 0 bridgehead atoms. The van der Waals surface area contributed by atoms with Crippen molar-refractivity contribution >= 4 is 29.1 Å². The number of carbonyl (C=O) groups is 3. The van der Waals surface area contributed by atoms with E-state index in [1.54, 1.807) is 24.3 Å². The molecule has 6 rings (SSSR count). The van der Waals surface area contributed by atoms with E-state index in [4.69, 9.17) is 4.74 Å². The fourth-order valence-corrected chi connectivity index (χ4v) is 7.26. The molecule has 2 unspecified atom stereocenters. The highest BCUT2D eigenvalue weighted by Crippen LogP contribution is 2.31. The van der Waals surface area contributed by atoms with E-state index in [-0.39, 0.29) is 31.3 Å². The normalized spacial score (nSPS) is 15.0. The molecule has 1 saturated heterocycles. The number of methoxy groups -OCH3 is 1. The van der Waals surface area contributed by atoms with Crippen LogP contribution >= 0.6 is 11.3 Å². The molecule has 6 nitrogen and oxygen atoms in total. The quantitative estimate of drug-likeness (QED) is 0.129. The van der Waals surface area contributed by atoms with Gasteiger partial charge in [-0.2, -0.15) is 13.2 Å². The minimum absolute atomic E-state index is 0.0284. The molecule has 10 heteroatoms. The van der Waals surface area contributed by atoms with Crippen molar-refractivity contribution in [3.8, 4) is 22.3 Å². The summed E-state index contributed by atoms with van der Waals surface area (Å²) in [6, 6.07) is 31.7. The standard InChI is InChI=1S/C41H37F3N2O4S/c1-50-40(49)37(25-28-11-13-30(14-12-28)29-7-3-2-4-8-29)46(27-35-9-5-23-45(35)38(47)26-36-10-6-24-51-36)39(48)33-17-15-31(16-18-33)32-19-21-34(22-20-32)41(42,43)44/h2-4,6-8,10-22,24,35,37H,5,9,23,25-27H2,1H3. The molecule has 2 atom stereocenters. The monoisotopic (exact) mass is 710 g/mol. The second-order valence-electron chi connectivity index (χ2n) is 12.6. The van der Waals surface area contributed by atoms with Gasteiger partial charge in [-0.1, -0.05) is 84.9 Å². The molecule has 1 aliphatic rings. The first-order valence-corrected chi connectivity index (χ1v) is 17.6. The molecule has 1 fully saturated rings. The number of likely N-dealkylation sites (tertiary alicyclic amines) is 1. The maximum absolute atomic E-state index is 14.5. The highest BCUT2D eigenvalue weighted by molar-refractivity contribution is 7.10. The number of carbonyl (C=O) groups excluding carboxylic acids is 3. The highest BCUT2D eigenvalue weighted by atomic mass is 32.1. The third kappa shape index (κ3) is 8.57. The van der Waals surface area contributed by atoms with Crippen LogP contribution in [0.4, 0.5) is 13.2 Å². The van der Waals surface area contributed by atoms with Gasteiger partial charge < -0.3 is 14.5 Å². The molecule has 1 aliphatic heterocycles. The zero-order valence-corrected chi connectivity index (χ0v) is 28.8. The molecule has 262 valence electrons. The van der Waals surface area contributed by atoms with E-state index in [1.807, 2.05) is 77.0 Å².